The number of hydrogen-bond donors (Lipinski definition) is 6. The quantitative estimate of drug-likeness (QED) is 0.0167. The molecule has 12 rings (SSSR count). The summed E-state index contributed by atoms with van der Waals surface area (Å²) in [5.41, 5.74) is 12.3. The number of hydrogen-bond acceptors (Lipinski definition) is 20. The van der Waals surface area contributed by atoms with E-state index in [9.17, 15) is 33.9 Å². The number of amides is 3. The number of aliphatic hydroxyl groups excluding tert-OH is 1. The molecule has 27 heteroatoms. The third-order valence-corrected chi connectivity index (χ3v) is 17.3. The average Bonchev–Trinajstić information content (AvgIpc) is 1.57. The number of aromatic nitrogens is 4. The van der Waals surface area contributed by atoms with Crippen LogP contribution in [-0.2, 0) is 35.7 Å². The minimum absolute atomic E-state index is 0.0343. The highest BCUT2D eigenvalue weighted by atomic mass is 19.1. The van der Waals surface area contributed by atoms with E-state index in [1.54, 1.807) is 123 Å². The Kier molecular flexibility index (Phi) is 22.4. The van der Waals surface area contributed by atoms with Crippen LogP contribution < -0.4 is 56.7 Å². The molecule has 0 spiro atoms. The Morgan fingerprint density at radius 2 is 1.28 bits per heavy atom. The zero-order chi connectivity index (χ0) is 70.6. The molecule has 1 aliphatic carbocycles. The second kappa shape index (κ2) is 31.8. The Hall–Kier alpha value is -10.8. The summed E-state index contributed by atoms with van der Waals surface area (Å²) in [7, 11) is 3.22. The first-order valence-electron chi connectivity index (χ1n) is 32.6. The number of ether oxygens (including phenoxy) is 7. The Labute approximate surface area is 573 Å². The number of nitrogens with zero attached hydrogens (tertiary/aromatic N) is 6. The monoisotopic (exact) mass is 1370 g/mol. The summed E-state index contributed by atoms with van der Waals surface area (Å²) in [5.74, 6) is -1.80. The highest BCUT2D eigenvalue weighted by molar-refractivity contribution is 6.17. The summed E-state index contributed by atoms with van der Waals surface area (Å²) < 4.78 is 73.7. The van der Waals surface area contributed by atoms with Crippen LogP contribution in [0.25, 0.3) is 27.5 Å². The number of aliphatic hydroxyl groups is 1. The van der Waals surface area contributed by atoms with Crippen molar-refractivity contribution in [3.05, 3.63) is 185 Å². The Bertz CT molecular complexity index is 4520. The van der Waals surface area contributed by atoms with E-state index in [0.717, 1.165) is 38.1 Å². The van der Waals surface area contributed by atoms with E-state index < -0.39 is 58.4 Å². The van der Waals surface area contributed by atoms with Crippen molar-refractivity contribution in [3.63, 3.8) is 0 Å². The summed E-state index contributed by atoms with van der Waals surface area (Å²) in [4.78, 5) is 88.6. The molecule has 25 nitrogen and oxygen atoms in total. The summed E-state index contributed by atoms with van der Waals surface area (Å²) in [6.07, 6.45) is 4.91. The van der Waals surface area contributed by atoms with Gasteiger partial charge in [0, 0.05) is 111 Å². The van der Waals surface area contributed by atoms with Crippen molar-refractivity contribution in [3.8, 4) is 45.9 Å². The molecule has 9 aromatic rings. The lowest BCUT2D eigenvalue weighted by molar-refractivity contribution is -0.149. The van der Waals surface area contributed by atoms with Crippen LogP contribution in [0.1, 0.15) is 55.1 Å². The minimum Gasteiger partial charge on any atom is -0.493 e. The van der Waals surface area contributed by atoms with E-state index in [2.05, 4.69) is 30.8 Å². The van der Waals surface area contributed by atoms with Crippen LogP contribution in [0, 0.1) is 24.0 Å². The number of benzene rings is 6. The molecule has 100 heavy (non-hydrogen) atoms. The predicted molar refractivity (Wildman–Crippen MR) is 368 cm³/mol. The van der Waals surface area contributed by atoms with Crippen LogP contribution in [0.2, 0.25) is 0 Å². The van der Waals surface area contributed by atoms with Crippen molar-refractivity contribution < 1.29 is 71.0 Å². The minimum atomic E-state index is -1.20. The number of carbonyl (C=O) groups excluding carboxylic acids is 5. The maximum absolute atomic E-state index is 15.3. The molecule has 3 amide bonds. The van der Waals surface area contributed by atoms with E-state index >= 15 is 8.78 Å². The molecule has 3 unspecified atom stereocenters. The van der Waals surface area contributed by atoms with Gasteiger partial charge in [0.25, 0.3) is 11.5 Å². The van der Waals surface area contributed by atoms with Crippen molar-refractivity contribution in [2.45, 2.75) is 70.3 Å². The molecule has 8 N–H and O–H groups in total. The maximum atomic E-state index is 15.3. The highest BCUT2D eigenvalue weighted by Crippen LogP contribution is 2.48. The summed E-state index contributed by atoms with van der Waals surface area (Å²) in [5, 5.41) is 19.8. The predicted octanol–water partition coefficient (Wildman–Crippen LogP) is 8.80. The number of methoxy groups -OCH3 is 1. The average molecular weight is 1370 g/mol. The molecular weight excluding hydrogens is 1290 g/mol. The first-order chi connectivity index (χ1) is 48.2. The third-order valence-electron chi connectivity index (χ3n) is 17.3. The molecular formula is C73H77F2N11O14. The summed E-state index contributed by atoms with van der Waals surface area (Å²) in [6, 6.07) is 37.1. The lowest BCUT2D eigenvalue weighted by Gasteiger charge is -2.20. The first-order valence-corrected chi connectivity index (χ1v) is 32.6. The lowest BCUT2D eigenvalue weighted by atomic mass is 10.0. The summed E-state index contributed by atoms with van der Waals surface area (Å²) in [6.45, 7) is 7.41. The standard InChI is InChI=1S/C37H40FN5O7.C36H37FN6O7/c1-23(39)34(44)49-26-12-17-43(22-26)16-6-18-48-33-21-29-27(20-32(33)47-2)30(11-15-40-29)50-31-10-9-25(19-28(31)38)42-36(46)37(13-14-37)35(45)41-24-7-4-3-5-8-24;1-22-34(36(47)43(41(22)2)24-6-4-3-5-7-24)35(46)40-23-8-11-32(29(37)16-23)50-31-12-14-39-30-17-26(9-10-28(30)31)48-21-25(44)19-42-15-13-27(20-42)49-33(45)18-38/h3-5,7-11,15,19-21,23,26H,6,12-14,16-18,22,39H2,1-2H3,(H,41,45)(H,42,46);3-12,14,16-17,25,27,44H,13,15,18-21,38H2,1-2H3,(H,40,46)/t23-,26?;/m1./s1. The number of nitrogens with one attached hydrogen (secondary N) is 3. The molecule has 5 heterocycles. The number of β-amino-alcohol motifs (C(OH)–C–C–N with tert-alkyl or cyclic N) is 1. The molecule has 2 aliphatic heterocycles. The summed E-state index contributed by atoms with van der Waals surface area (Å²) >= 11 is 0. The van der Waals surface area contributed by atoms with Gasteiger partial charge in [-0.15, -0.1) is 0 Å². The van der Waals surface area contributed by atoms with Crippen LogP contribution in [0.3, 0.4) is 0 Å². The van der Waals surface area contributed by atoms with Crippen LogP contribution in [-0.4, -0.2) is 154 Å². The van der Waals surface area contributed by atoms with Crippen molar-refractivity contribution in [1.82, 2.24) is 29.1 Å². The molecule has 6 aromatic carbocycles. The van der Waals surface area contributed by atoms with Gasteiger partial charge in [0.1, 0.15) is 59.2 Å². The van der Waals surface area contributed by atoms with Gasteiger partial charge in [0.2, 0.25) is 11.8 Å². The largest absolute Gasteiger partial charge is 0.493 e. The fourth-order valence-corrected chi connectivity index (χ4v) is 11.7. The second-order valence-corrected chi connectivity index (χ2v) is 24.5. The second-order valence-electron chi connectivity index (χ2n) is 24.5. The number of rotatable bonds is 26. The highest BCUT2D eigenvalue weighted by Gasteiger charge is 2.56. The topological polar surface area (TPSA) is 318 Å². The number of nitrogens with two attached hydrogens (primary N) is 2. The van der Waals surface area contributed by atoms with Crippen molar-refractivity contribution in [2.24, 2.45) is 23.9 Å². The van der Waals surface area contributed by atoms with Crippen LogP contribution in [0.5, 0.6) is 40.2 Å². The van der Waals surface area contributed by atoms with E-state index in [1.165, 1.54) is 42.3 Å². The molecule has 4 atom stereocenters. The first kappa shape index (κ1) is 70.5. The Balaban J connectivity index is 0.000000202. The lowest BCUT2D eigenvalue weighted by Crippen LogP contribution is -2.35. The fourth-order valence-electron chi connectivity index (χ4n) is 11.7. The molecule has 3 aliphatic rings. The number of carbonyl (C=O) groups is 5. The van der Waals surface area contributed by atoms with Crippen LogP contribution >= 0.6 is 0 Å². The molecule has 0 radical (unpaired) electrons. The smallest absolute Gasteiger partial charge is 0.322 e. The third kappa shape index (κ3) is 17.0. The molecule has 0 bridgehead atoms. The fraction of sp³-hybridized carbons (Fsp3) is 0.315. The molecule has 3 aromatic heterocycles. The van der Waals surface area contributed by atoms with Gasteiger partial charge in [-0.25, -0.2) is 13.5 Å². The van der Waals surface area contributed by atoms with Gasteiger partial charge in [-0.2, -0.15) is 0 Å². The van der Waals surface area contributed by atoms with Crippen LogP contribution in [0.15, 0.2) is 157 Å². The van der Waals surface area contributed by atoms with E-state index in [0.29, 0.717) is 120 Å². The zero-order valence-corrected chi connectivity index (χ0v) is 55.5. The van der Waals surface area contributed by atoms with Gasteiger partial charge in [0.05, 0.1) is 42.7 Å². The Morgan fingerprint density at radius 1 is 0.680 bits per heavy atom. The molecule has 522 valence electrons. The van der Waals surface area contributed by atoms with Gasteiger partial charge in [-0.1, -0.05) is 36.4 Å². The molecule has 2 saturated heterocycles. The number of esters is 2. The van der Waals surface area contributed by atoms with Gasteiger partial charge in [-0.05, 0) is 125 Å². The van der Waals surface area contributed by atoms with Crippen molar-refractivity contribution in [1.29, 1.82) is 0 Å². The number of pyridine rings is 2. The van der Waals surface area contributed by atoms with Gasteiger partial charge in [-0.3, -0.25) is 53.2 Å². The Morgan fingerprint density at radius 3 is 1.91 bits per heavy atom. The van der Waals surface area contributed by atoms with Gasteiger partial charge < -0.3 is 65.7 Å². The van der Waals surface area contributed by atoms with E-state index in [-0.39, 0.29) is 59.8 Å². The number of fused-ring (bicyclic) bond motifs is 2. The number of para-hydroxylation sites is 2. The molecule has 3 fully saturated rings. The number of likely N-dealkylation sites (tertiary alicyclic amines) is 2. The van der Waals surface area contributed by atoms with Crippen molar-refractivity contribution in [2.75, 3.05) is 82.1 Å². The van der Waals surface area contributed by atoms with Crippen LogP contribution in [0.4, 0.5) is 25.8 Å². The van der Waals surface area contributed by atoms with E-state index in [4.69, 9.17) is 44.6 Å². The maximum Gasteiger partial charge on any atom is 0.322 e. The SMILES string of the molecule is COc1cc2c(Oc3ccc(NC(=O)C4(C(=O)Nc5ccccc5)CC4)cc3F)ccnc2cc1OCCCN1CCC(OC(=O)[C@@H](C)N)C1.Cc1c(C(=O)Nc2ccc(Oc3ccnc4cc(OCC(O)CN5CCC(OC(=O)CN)C5)ccc34)c(F)c2)c(=O)n(-c2ccccc2)n1C. The molecule has 1 saturated carbocycles. The zero-order valence-electron chi connectivity index (χ0n) is 55.5. The van der Waals surface area contributed by atoms with Gasteiger partial charge in [0.15, 0.2) is 34.6 Å². The number of anilines is 3. The normalized spacial score (nSPS) is 16.1. The van der Waals surface area contributed by atoms with Crippen molar-refractivity contribution >= 4 is 68.5 Å². The number of halogens is 2. The van der Waals surface area contributed by atoms with Gasteiger partial charge >= 0.3 is 11.9 Å². The van der Waals surface area contributed by atoms with E-state index in [1.807, 2.05) is 17.0 Å².